The quantitative estimate of drug-likeness (QED) is 0.373. The molecule has 1 aromatic carbocycles. The lowest BCUT2D eigenvalue weighted by Gasteiger charge is -2.30. The number of nitrogens with one attached hydrogen (secondary N) is 2. The van der Waals surface area contributed by atoms with E-state index in [1.807, 2.05) is 25.2 Å². The Morgan fingerprint density at radius 2 is 1.88 bits per heavy atom. The number of likely N-dealkylation sites (tertiary alicyclic amines) is 1. The number of aliphatic imine (C=N–C) groups is 1. The number of para-hydroxylation sites is 1. The van der Waals surface area contributed by atoms with Crippen LogP contribution in [0.4, 0.5) is 0 Å². The Hall–Kier alpha value is -1.02. The van der Waals surface area contributed by atoms with Gasteiger partial charge in [0.05, 0.1) is 7.11 Å². The molecular weight excluding hydrogens is 427 g/mol. The number of halogens is 1. The summed E-state index contributed by atoms with van der Waals surface area (Å²) in [6, 6.07) is 8.15. The fourth-order valence-corrected chi connectivity index (χ4v) is 3.06. The maximum absolute atomic E-state index is 5.39. The molecule has 25 heavy (non-hydrogen) atoms. The Labute approximate surface area is 169 Å². The minimum atomic E-state index is 0. The lowest BCUT2D eigenvalue weighted by atomic mass is 9.99. The second-order valence-corrected chi connectivity index (χ2v) is 6.51. The van der Waals surface area contributed by atoms with Gasteiger partial charge < -0.3 is 20.3 Å². The highest BCUT2D eigenvalue weighted by molar-refractivity contribution is 14.0. The molecule has 1 aromatic rings. The van der Waals surface area contributed by atoms with Gasteiger partial charge in [0.1, 0.15) is 5.75 Å². The van der Waals surface area contributed by atoms with Crippen LogP contribution >= 0.6 is 24.0 Å². The van der Waals surface area contributed by atoms with Gasteiger partial charge in [-0.1, -0.05) is 25.1 Å². The molecule has 6 heteroatoms. The molecule has 0 atom stereocenters. The van der Waals surface area contributed by atoms with Crippen molar-refractivity contribution in [2.24, 2.45) is 10.9 Å². The first-order valence-corrected chi connectivity index (χ1v) is 9.01. The number of rotatable bonds is 7. The molecule has 0 unspecified atom stereocenters. The summed E-state index contributed by atoms with van der Waals surface area (Å²) in [7, 11) is 3.54. The van der Waals surface area contributed by atoms with Crippen LogP contribution in [0.25, 0.3) is 0 Å². The van der Waals surface area contributed by atoms with Crippen LogP contribution in [0.15, 0.2) is 29.3 Å². The summed E-state index contributed by atoms with van der Waals surface area (Å²) in [6.45, 7) is 7.65. The first-order chi connectivity index (χ1) is 11.7. The van der Waals surface area contributed by atoms with Gasteiger partial charge in [0, 0.05) is 26.7 Å². The summed E-state index contributed by atoms with van der Waals surface area (Å²) >= 11 is 0. The Morgan fingerprint density at radius 1 is 1.20 bits per heavy atom. The third-order valence-electron chi connectivity index (χ3n) is 4.70. The largest absolute Gasteiger partial charge is 0.496 e. The van der Waals surface area contributed by atoms with Crippen molar-refractivity contribution in [3.8, 4) is 5.75 Å². The summed E-state index contributed by atoms with van der Waals surface area (Å²) in [6.07, 6.45) is 3.56. The van der Waals surface area contributed by atoms with E-state index in [9.17, 15) is 0 Å². The lowest BCUT2D eigenvalue weighted by Crippen LogP contribution is -2.43. The smallest absolute Gasteiger partial charge is 0.191 e. The van der Waals surface area contributed by atoms with E-state index in [0.717, 1.165) is 43.7 Å². The summed E-state index contributed by atoms with van der Waals surface area (Å²) in [5, 5.41) is 6.79. The van der Waals surface area contributed by atoms with Crippen LogP contribution in [0.5, 0.6) is 5.75 Å². The maximum Gasteiger partial charge on any atom is 0.191 e. The average Bonchev–Trinajstić information content (AvgIpc) is 2.62. The highest BCUT2D eigenvalue weighted by atomic mass is 127. The van der Waals surface area contributed by atoms with Crippen molar-refractivity contribution in [3.05, 3.63) is 29.8 Å². The Balaban J connectivity index is 0.00000312. The molecule has 0 amide bonds. The zero-order valence-corrected chi connectivity index (χ0v) is 18.1. The molecule has 1 aliphatic rings. The van der Waals surface area contributed by atoms with Crippen LogP contribution in [0.1, 0.15) is 25.3 Å². The van der Waals surface area contributed by atoms with E-state index in [4.69, 9.17) is 4.74 Å². The molecule has 1 fully saturated rings. The maximum atomic E-state index is 5.39. The van der Waals surface area contributed by atoms with Gasteiger partial charge in [0.25, 0.3) is 0 Å². The van der Waals surface area contributed by atoms with E-state index in [1.54, 1.807) is 7.11 Å². The molecule has 142 valence electrons. The fourth-order valence-electron chi connectivity index (χ4n) is 3.06. The zero-order chi connectivity index (χ0) is 17.2. The molecule has 0 aliphatic carbocycles. The van der Waals surface area contributed by atoms with Gasteiger partial charge in [0.2, 0.25) is 0 Å². The molecule has 0 spiro atoms. The van der Waals surface area contributed by atoms with Crippen molar-refractivity contribution in [2.45, 2.75) is 26.2 Å². The van der Waals surface area contributed by atoms with Crippen LogP contribution in [0.3, 0.4) is 0 Å². The van der Waals surface area contributed by atoms with Gasteiger partial charge >= 0.3 is 0 Å². The van der Waals surface area contributed by atoms with Crippen LogP contribution in [0, 0.1) is 5.92 Å². The molecule has 1 heterocycles. The first-order valence-electron chi connectivity index (χ1n) is 9.01. The normalized spacial score (nSPS) is 16.2. The average molecular weight is 460 g/mol. The van der Waals surface area contributed by atoms with E-state index >= 15 is 0 Å². The summed E-state index contributed by atoms with van der Waals surface area (Å²) in [4.78, 5) is 6.84. The van der Waals surface area contributed by atoms with Gasteiger partial charge in [-0.25, -0.2) is 0 Å². The minimum Gasteiger partial charge on any atom is -0.496 e. The van der Waals surface area contributed by atoms with Gasteiger partial charge in [-0.2, -0.15) is 0 Å². The van der Waals surface area contributed by atoms with Crippen LogP contribution in [-0.2, 0) is 6.42 Å². The predicted octanol–water partition coefficient (Wildman–Crippen LogP) is 2.75. The van der Waals surface area contributed by atoms with Crippen molar-refractivity contribution in [1.82, 2.24) is 15.5 Å². The number of benzene rings is 1. The minimum absolute atomic E-state index is 0. The molecular formula is C19H33IN4O. The summed E-state index contributed by atoms with van der Waals surface area (Å²) in [5.41, 5.74) is 1.21. The lowest BCUT2D eigenvalue weighted by molar-refractivity contribution is 0.195. The molecule has 2 rings (SSSR count). The van der Waals surface area contributed by atoms with Crippen molar-refractivity contribution >= 4 is 29.9 Å². The number of hydrogen-bond acceptors (Lipinski definition) is 3. The van der Waals surface area contributed by atoms with E-state index in [-0.39, 0.29) is 24.0 Å². The number of methoxy groups -OCH3 is 1. The van der Waals surface area contributed by atoms with Crippen LogP contribution in [-0.4, -0.2) is 57.7 Å². The zero-order valence-electron chi connectivity index (χ0n) is 15.8. The monoisotopic (exact) mass is 460 g/mol. The molecule has 1 aliphatic heterocycles. The third kappa shape index (κ3) is 7.81. The second kappa shape index (κ2) is 12.4. The number of nitrogens with zero attached hydrogens (tertiary/aromatic N) is 2. The van der Waals surface area contributed by atoms with Crippen molar-refractivity contribution < 1.29 is 4.74 Å². The van der Waals surface area contributed by atoms with Crippen LogP contribution in [0.2, 0.25) is 0 Å². The predicted molar refractivity (Wildman–Crippen MR) is 116 cm³/mol. The molecule has 0 radical (unpaired) electrons. The van der Waals surface area contributed by atoms with E-state index in [0.29, 0.717) is 0 Å². The standard InChI is InChI=1S/C19H32N4O.HI/c1-16-9-13-23(14-10-16)15-12-22-19(20-2)21-11-8-17-6-4-5-7-18(17)24-3;/h4-7,16H,8-15H2,1-3H3,(H2,20,21,22);1H. The highest BCUT2D eigenvalue weighted by Crippen LogP contribution is 2.17. The second-order valence-electron chi connectivity index (χ2n) is 6.51. The Bertz CT molecular complexity index is 516. The first kappa shape index (κ1) is 22.0. The van der Waals surface area contributed by atoms with Gasteiger partial charge in [-0.15, -0.1) is 24.0 Å². The Morgan fingerprint density at radius 3 is 2.56 bits per heavy atom. The van der Waals surface area contributed by atoms with Crippen molar-refractivity contribution in [1.29, 1.82) is 0 Å². The topological polar surface area (TPSA) is 48.9 Å². The van der Waals surface area contributed by atoms with Gasteiger partial charge in [-0.05, 0) is 49.9 Å². The molecule has 0 aromatic heterocycles. The SMILES string of the molecule is CN=C(NCCc1ccccc1OC)NCCN1CCC(C)CC1.I. The Kier molecular flexibility index (Phi) is 10.9. The molecule has 2 N–H and O–H groups in total. The van der Waals surface area contributed by atoms with Gasteiger partial charge in [0.15, 0.2) is 5.96 Å². The summed E-state index contributed by atoms with van der Waals surface area (Å²) in [5.74, 6) is 2.70. The molecule has 5 nitrogen and oxygen atoms in total. The number of ether oxygens (including phenoxy) is 1. The molecule has 1 saturated heterocycles. The van der Waals surface area contributed by atoms with E-state index in [1.165, 1.54) is 31.5 Å². The van der Waals surface area contributed by atoms with Crippen molar-refractivity contribution in [3.63, 3.8) is 0 Å². The molecule has 0 bridgehead atoms. The van der Waals surface area contributed by atoms with Crippen molar-refractivity contribution in [2.75, 3.05) is 46.9 Å². The number of hydrogen-bond donors (Lipinski definition) is 2. The fraction of sp³-hybridized carbons (Fsp3) is 0.632. The number of piperidine rings is 1. The summed E-state index contributed by atoms with van der Waals surface area (Å²) < 4.78 is 5.39. The van der Waals surface area contributed by atoms with Crippen LogP contribution < -0.4 is 15.4 Å². The highest BCUT2D eigenvalue weighted by Gasteiger charge is 2.14. The number of guanidine groups is 1. The van der Waals surface area contributed by atoms with E-state index in [2.05, 4.69) is 33.5 Å². The van der Waals surface area contributed by atoms with E-state index < -0.39 is 0 Å². The molecule has 0 saturated carbocycles. The van der Waals surface area contributed by atoms with Gasteiger partial charge in [-0.3, -0.25) is 4.99 Å². The third-order valence-corrected chi connectivity index (χ3v) is 4.70.